The number of phenols is 1. The summed E-state index contributed by atoms with van der Waals surface area (Å²) in [6, 6.07) is 24.1. The minimum atomic E-state index is -0.613. The van der Waals surface area contributed by atoms with E-state index in [0.29, 0.717) is 0 Å². The van der Waals surface area contributed by atoms with Gasteiger partial charge in [-0.25, -0.2) is 0 Å². The minimum absolute atomic E-state index is 0.0818. The Morgan fingerprint density at radius 3 is 2.03 bits per heavy atom. The van der Waals surface area contributed by atoms with Gasteiger partial charge in [0.2, 0.25) is 0 Å². The molecular formula is C27H29NO2. The highest BCUT2D eigenvalue weighted by molar-refractivity contribution is 5.83. The second-order valence-corrected chi connectivity index (χ2v) is 8.00. The highest BCUT2D eigenvalue weighted by atomic mass is 16.3. The third-order valence-corrected chi connectivity index (χ3v) is 5.95. The fourth-order valence-electron chi connectivity index (χ4n) is 4.24. The molecule has 3 aromatic carbocycles. The third kappa shape index (κ3) is 4.48. The number of aryl methyl sites for hydroxylation is 2. The third-order valence-electron chi connectivity index (χ3n) is 5.95. The van der Waals surface area contributed by atoms with Gasteiger partial charge in [-0.1, -0.05) is 66.7 Å². The first-order valence-corrected chi connectivity index (χ1v) is 10.7. The van der Waals surface area contributed by atoms with Gasteiger partial charge >= 0.3 is 0 Å². The molecule has 0 saturated carbocycles. The molecule has 2 unspecified atom stereocenters. The van der Waals surface area contributed by atoms with Crippen molar-refractivity contribution in [2.75, 3.05) is 6.54 Å². The maximum Gasteiger partial charge on any atom is 0.115 e. The van der Waals surface area contributed by atoms with Gasteiger partial charge in [0.25, 0.3) is 0 Å². The Morgan fingerprint density at radius 2 is 1.43 bits per heavy atom. The lowest BCUT2D eigenvalue weighted by Gasteiger charge is -2.20. The van der Waals surface area contributed by atoms with E-state index in [1.807, 2.05) is 6.92 Å². The summed E-state index contributed by atoms with van der Waals surface area (Å²) in [5, 5.41) is 23.4. The fourth-order valence-corrected chi connectivity index (χ4v) is 4.24. The van der Waals surface area contributed by atoms with Crippen molar-refractivity contribution in [1.29, 1.82) is 0 Å². The zero-order valence-electron chi connectivity index (χ0n) is 17.4. The summed E-state index contributed by atoms with van der Waals surface area (Å²) in [7, 11) is 0. The predicted molar refractivity (Wildman–Crippen MR) is 123 cm³/mol. The van der Waals surface area contributed by atoms with E-state index in [9.17, 15) is 10.2 Å². The average molecular weight is 400 g/mol. The van der Waals surface area contributed by atoms with Crippen LogP contribution in [0.5, 0.6) is 5.75 Å². The minimum Gasteiger partial charge on any atom is -0.508 e. The van der Waals surface area contributed by atoms with Crippen molar-refractivity contribution in [2.45, 2.75) is 38.3 Å². The molecule has 0 aromatic heterocycles. The van der Waals surface area contributed by atoms with Crippen LogP contribution in [0, 0.1) is 0 Å². The van der Waals surface area contributed by atoms with E-state index < -0.39 is 6.10 Å². The Balaban J connectivity index is 1.47. The van der Waals surface area contributed by atoms with Crippen molar-refractivity contribution in [3.63, 3.8) is 0 Å². The lowest BCUT2D eigenvalue weighted by atomic mass is 9.93. The van der Waals surface area contributed by atoms with E-state index in [2.05, 4.69) is 59.9 Å². The molecule has 0 aliphatic heterocycles. The van der Waals surface area contributed by atoms with Gasteiger partial charge in [-0.2, -0.15) is 0 Å². The normalized spacial score (nSPS) is 14.9. The van der Waals surface area contributed by atoms with Crippen LogP contribution in [0.15, 0.2) is 78.9 Å². The highest BCUT2D eigenvalue weighted by Crippen LogP contribution is 2.33. The van der Waals surface area contributed by atoms with Gasteiger partial charge in [0.15, 0.2) is 0 Å². The molecule has 3 nitrogen and oxygen atoms in total. The standard InChI is InChI=1S/C27H29NO2/c1-19(27(30)22-14-16-23(29)17-15-22)28-18-6-11-26-24-9-4-2-7-20(24)12-13-21-8-3-5-10-25(21)26/h2-5,7-11,14-17,19,27-30H,6,12-13,18H2,1H3. The van der Waals surface area contributed by atoms with Crippen LogP contribution in [0.4, 0.5) is 0 Å². The molecule has 154 valence electrons. The summed E-state index contributed by atoms with van der Waals surface area (Å²) in [6.07, 6.45) is 4.73. The summed E-state index contributed by atoms with van der Waals surface area (Å²) in [5.74, 6) is 0.210. The van der Waals surface area contributed by atoms with Gasteiger partial charge in [-0.15, -0.1) is 0 Å². The molecule has 0 heterocycles. The Kier molecular flexibility index (Phi) is 6.32. The second kappa shape index (κ2) is 9.29. The van der Waals surface area contributed by atoms with Crippen LogP contribution in [0.2, 0.25) is 0 Å². The van der Waals surface area contributed by atoms with E-state index in [-0.39, 0.29) is 11.8 Å². The van der Waals surface area contributed by atoms with Crippen molar-refractivity contribution >= 4 is 5.57 Å². The molecular weight excluding hydrogens is 370 g/mol. The number of nitrogens with one attached hydrogen (secondary N) is 1. The number of hydrogen-bond acceptors (Lipinski definition) is 3. The molecule has 1 aliphatic rings. The summed E-state index contributed by atoms with van der Waals surface area (Å²) >= 11 is 0. The molecule has 3 N–H and O–H groups in total. The first-order chi connectivity index (χ1) is 14.6. The summed E-state index contributed by atoms with van der Waals surface area (Å²) in [5.41, 5.74) is 7.59. The number of aliphatic hydroxyl groups is 1. The van der Waals surface area contributed by atoms with Gasteiger partial charge in [0, 0.05) is 6.04 Å². The number of benzene rings is 3. The number of phenolic OH excluding ortho intramolecular Hbond substituents is 1. The molecule has 0 spiro atoms. The van der Waals surface area contributed by atoms with Crippen LogP contribution >= 0.6 is 0 Å². The zero-order chi connectivity index (χ0) is 20.9. The van der Waals surface area contributed by atoms with Gasteiger partial charge in [-0.05, 0) is 78.3 Å². The quantitative estimate of drug-likeness (QED) is 0.510. The highest BCUT2D eigenvalue weighted by Gasteiger charge is 2.18. The van der Waals surface area contributed by atoms with E-state index in [1.54, 1.807) is 24.3 Å². The summed E-state index contributed by atoms with van der Waals surface area (Å²) in [6.45, 7) is 2.77. The first kappa shape index (κ1) is 20.4. The van der Waals surface area contributed by atoms with E-state index in [0.717, 1.165) is 31.4 Å². The van der Waals surface area contributed by atoms with Crippen molar-refractivity contribution < 1.29 is 10.2 Å². The van der Waals surface area contributed by atoms with Crippen LogP contribution in [0.25, 0.3) is 5.57 Å². The number of fused-ring (bicyclic) bond motifs is 2. The number of aliphatic hydroxyl groups excluding tert-OH is 1. The van der Waals surface area contributed by atoms with E-state index in [1.165, 1.54) is 27.8 Å². The predicted octanol–water partition coefficient (Wildman–Crippen LogP) is 5.02. The smallest absolute Gasteiger partial charge is 0.115 e. The molecule has 0 bridgehead atoms. The lowest BCUT2D eigenvalue weighted by molar-refractivity contribution is 0.136. The first-order valence-electron chi connectivity index (χ1n) is 10.7. The molecule has 30 heavy (non-hydrogen) atoms. The van der Waals surface area contributed by atoms with Gasteiger partial charge < -0.3 is 15.5 Å². The molecule has 0 saturated heterocycles. The molecule has 0 radical (unpaired) electrons. The summed E-state index contributed by atoms with van der Waals surface area (Å²) < 4.78 is 0. The molecule has 1 aliphatic carbocycles. The Hall–Kier alpha value is -2.88. The molecule has 2 atom stereocenters. The van der Waals surface area contributed by atoms with Crippen LogP contribution in [-0.2, 0) is 12.8 Å². The van der Waals surface area contributed by atoms with Crippen molar-refractivity contribution in [1.82, 2.24) is 5.32 Å². The van der Waals surface area contributed by atoms with Crippen LogP contribution in [0.3, 0.4) is 0 Å². The van der Waals surface area contributed by atoms with Crippen LogP contribution in [0.1, 0.15) is 47.3 Å². The number of hydrogen-bond donors (Lipinski definition) is 3. The van der Waals surface area contributed by atoms with Crippen molar-refractivity contribution in [3.05, 3.63) is 107 Å². The lowest BCUT2D eigenvalue weighted by Crippen LogP contribution is -2.32. The van der Waals surface area contributed by atoms with Gasteiger partial charge in [0.05, 0.1) is 6.10 Å². The number of aromatic hydroxyl groups is 1. The zero-order valence-corrected chi connectivity index (χ0v) is 17.4. The SMILES string of the molecule is CC(NCCC=C1c2ccccc2CCc2ccccc21)C(O)c1ccc(O)cc1. The Morgan fingerprint density at radius 1 is 0.867 bits per heavy atom. The maximum absolute atomic E-state index is 10.6. The molecule has 3 aromatic rings. The Bertz CT molecular complexity index is 974. The van der Waals surface area contributed by atoms with Crippen molar-refractivity contribution in [2.24, 2.45) is 0 Å². The van der Waals surface area contributed by atoms with Gasteiger partial charge in [0.1, 0.15) is 5.75 Å². The molecule has 0 fully saturated rings. The van der Waals surface area contributed by atoms with Crippen LogP contribution < -0.4 is 5.32 Å². The maximum atomic E-state index is 10.6. The van der Waals surface area contributed by atoms with E-state index >= 15 is 0 Å². The average Bonchev–Trinajstić information content (AvgIpc) is 2.94. The molecule has 4 rings (SSSR count). The summed E-state index contributed by atoms with van der Waals surface area (Å²) in [4.78, 5) is 0. The Labute approximate surface area is 178 Å². The van der Waals surface area contributed by atoms with Gasteiger partial charge in [-0.3, -0.25) is 0 Å². The van der Waals surface area contributed by atoms with Crippen LogP contribution in [-0.4, -0.2) is 22.8 Å². The second-order valence-electron chi connectivity index (χ2n) is 8.00. The van der Waals surface area contributed by atoms with E-state index in [4.69, 9.17) is 0 Å². The topological polar surface area (TPSA) is 52.5 Å². The monoisotopic (exact) mass is 399 g/mol. The van der Waals surface area contributed by atoms with Crippen molar-refractivity contribution in [3.8, 4) is 5.75 Å². The number of rotatable bonds is 6. The molecule has 0 amide bonds. The fraction of sp³-hybridized carbons (Fsp3) is 0.259. The molecule has 3 heteroatoms. The largest absolute Gasteiger partial charge is 0.508 e.